The van der Waals surface area contributed by atoms with Crippen molar-refractivity contribution in [3.8, 4) is 0 Å². The van der Waals surface area contributed by atoms with E-state index in [-0.39, 0.29) is 12.2 Å². The van der Waals surface area contributed by atoms with Gasteiger partial charge in [-0.1, -0.05) is 0 Å². The monoisotopic (exact) mass is 275 g/mol. The minimum atomic E-state index is -4.45. The van der Waals surface area contributed by atoms with E-state index in [1.165, 1.54) is 0 Å². The Balaban J connectivity index is 2.55. The first-order chi connectivity index (χ1) is 8.84. The van der Waals surface area contributed by atoms with Gasteiger partial charge < -0.3 is 10.6 Å². The lowest BCUT2D eigenvalue weighted by molar-refractivity contribution is -0.139. The van der Waals surface area contributed by atoms with E-state index in [9.17, 15) is 22.8 Å². The highest BCUT2D eigenvalue weighted by Gasteiger charge is 2.30. The van der Waals surface area contributed by atoms with Crippen LogP contribution in [0, 0.1) is 0 Å². The maximum atomic E-state index is 12.3. The first-order valence-corrected chi connectivity index (χ1v) is 5.42. The third-order valence-electron chi connectivity index (χ3n) is 2.13. The number of hydrogen-bond donors (Lipinski definition) is 2. The molecule has 0 aliphatic rings. The molecule has 0 saturated carbocycles. The third-order valence-corrected chi connectivity index (χ3v) is 2.13. The summed E-state index contributed by atoms with van der Waals surface area (Å²) in [5.74, 6) is -1.65. The van der Waals surface area contributed by atoms with Crippen LogP contribution in [-0.2, 0) is 22.3 Å². The molecule has 0 aliphatic heterocycles. The van der Waals surface area contributed by atoms with Crippen LogP contribution in [0.15, 0.2) is 18.3 Å². The second-order valence-electron chi connectivity index (χ2n) is 3.58. The molecular weight excluding hydrogens is 263 g/mol. The molecule has 0 aliphatic carbocycles. The van der Waals surface area contributed by atoms with Crippen molar-refractivity contribution < 1.29 is 22.8 Å². The van der Waals surface area contributed by atoms with Crippen LogP contribution in [0.5, 0.6) is 0 Å². The fraction of sp³-hybridized carbons (Fsp3) is 0.364. The van der Waals surface area contributed by atoms with Crippen LogP contribution in [0.2, 0.25) is 0 Å². The normalized spacial score (nSPS) is 10.9. The summed E-state index contributed by atoms with van der Waals surface area (Å²) >= 11 is 0. The van der Waals surface area contributed by atoms with Crippen LogP contribution >= 0.6 is 0 Å². The van der Waals surface area contributed by atoms with Gasteiger partial charge in [0.1, 0.15) is 0 Å². The number of nitrogens with zero attached hydrogens (tertiary/aromatic N) is 1. The maximum Gasteiger partial charge on any atom is 0.417 e. The molecule has 2 amide bonds. The van der Waals surface area contributed by atoms with Crippen molar-refractivity contribution in [3.05, 3.63) is 29.6 Å². The molecule has 5 nitrogen and oxygen atoms in total. The van der Waals surface area contributed by atoms with Crippen molar-refractivity contribution in [2.75, 3.05) is 6.54 Å². The molecule has 0 unspecified atom stereocenters. The van der Waals surface area contributed by atoms with Crippen molar-refractivity contribution in [1.82, 2.24) is 15.6 Å². The van der Waals surface area contributed by atoms with Gasteiger partial charge in [0, 0.05) is 12.7 Å². The fourth-order valence-corrected chi connectivity index (χ4v) is 1.19. The van der Waals surface area contributed by atoms with Gasteiger partial charge in [0.2, 0.25) is 0 Å². The highest BCUT2D eigenvalue weighted by Crippen LogP contribution is 2.28. The number of carbonyl (C=O) groups is 2. The van der Waals surface area contributed by atoms with Gasteiger partial charge in [0.25, 0.3) is 0 Å². The molecule has 1 rings (SSSR count). The summed E-state index contributed by atoms with van der Waals surface area (Å²) < 4.78 is 36.8. The highest BCUT2D eigenvalue weighted by molar-refractivity contribution is 6.35. The summed E-state index contributed by atoms with van der Waals surface area (Å²) in [7, 11) is 0. The van der Waals surface area contributed by atoms with E-state index < -0.39 is 23.6 Å². The lowest BCUT2D eigenvalue weighted by atomic mass is 10.2. The van der Waals surface area contributed by atoms with E-state index in [1.807, 2.05) is 0 Å². The number of carbonyl (C=O) groups excluding carboxylic acids is 2. The number of likely N-dealkylation sites (N-methyl/N-ethyl adjacent to an activating group) is 1. The molecule has 0 fully saturated rings. The van der Waals surface area contributed by atoms with E-state index in [4.69, 9.17) is 0 Å². The van der Waals surface area contributed by atoms with Crippen molar-refractivity contribution in [3.63, 3.8) is 0 Å². The SMILES string of the molecule is CCNC(=O)C(=O)NCc1ccc(C(F)(F)F)cn1. The lowest BCUT2D eigenvalue weighted by Crippen LogP contribution is -2.39. The van der Waals surface area contributed by atoms with Gasteiger partial charge in [-0.15, -0.1) is 0 Å². The summed E-state index contributed by atoms with van der Waals surface area (Å²) in [5, 5.41) is 4.54. The summed E-state index contributed by atoms with van der Waals surface area (Å²) in [6.45, 7) is 1.85. The highest BCUT2D eigenvalue weighted by atomic mass is 19.4. The smallest absolute Gasteiger partial charge is 0.348 e. The van der Waals surface area contributed by atoms with E-state index in [2.05, 4.69) is 15.6 Å². The van der Waals surface area contributed by atoms with Crippen LogP contribution in [0.1, 0.15) is 18.2 Å². The van der Waals surface area contributed by atoms with Crippen molar-refractivity contribution in [2.24, 2.45) is 0 Å². The minimum absolute atomic E-state index is 0.117. The Hall–Kier alpha value is -2.12. The molecule has 19 heavy (non-hydrogen) atoms. The van der Waals surface area contributed by atoms with E-state index in [1.54, 1.807) is 6.92 Å². The summed E-state index contributed by atoms with van der Waals surface area (Å²) in [6.07, 6.45) is -3.77. The van der Waals surface area contributed by atoms with Gasteiger partial charge in [-0.05, 0) is 19.1 Å². The van der Waals surface area contributed by atoms with Crippen LogP contribution in [-0.4, -0.2) is 23.3 Å². The van der Waals surface area contributed by atoms with E-state index >= 15 is 0 Å². The Labute approximate surface area is 107 Å². The molecule has 0 saturated heterocycles. The number of nitrogens with one attached hydrogen (secondary N) is 2. The maximum absolute atomic E-state index is 12.3. The lowest BCUT2D eigenvalue weighted by Gasteiger charge is -2.07. The first-order valence-electron chi connectivity index (χ1n) is 5.42. The Bertz CT molecular complexity index is 457. The van der Waals surface area contributed by atoms with Crippen molar-refractivity contribution in [1.29, 1.82) is 0 Å². The Kier molecular flexibility index (Phi) is 4.85. The fourth-order valence-electron chi connectivity index (χ4n) is 1.19. The van der Waals surface area contributed by atoms with Gasteiger partial charge in [-0.3, -0.25) is 14.6 Å². The second-order valence-corrected chi connectivity index (χ2v) is 3.58. The Morgan fingerprint density at radius 1 is 1.21 bits per heavy atom. The zero-order valence-electron chi connectivity index (χ0n) is 10.0. The largest absolute Gasteiger partial charge is 0.417 e. The minimum Gasteiger partial charge on any atom is -0.348 e. The number of halogens is 3. The predicted molar refractivity (Wildman–Crippen MR) is 59.8 cm³/mol. The molecule has 0 spiro atoms. The van der Waals surface area contributed by atoms with Crippen molar-refractivity contribution >= 4 is 11.8 Å². The standard InChI is InChI=1S/C11H12F3N3O2/c1-2-15-9(18)10(19)17-6-8-4-3-7(5-16-8)11(12,13)14/h3-5H,2,6H2,1H3,(H,15,18)(H,17,19). The van der Waals surface area contributed by atoms with Gasteiger partial charge in [0.15, 0.2) is 0 Å². The van der Waals surface area contributed by atoms with E-state index in [0.29, 0.717) is 12.7 Å². The molecule has 1 heterocycles. The Morgan fingerprint density at radius 3 is 2.32 bits per heavy atom. The molecular formula is C11H12F3N3O2. The van der Waals surface area contributed by atoms with Crippen LogP contribution in [0.3, 0.4) is 0 Å². The zero-order valence-corrected chi connectivity index (χ0v) is 10.0. The molecule has 0 bridgehead atoms. The number of rotatable bonds is 3. The molecule has 1 aromatic heterocycles. The number of aromatic nitrogens is 1. The molecule has 1 aromatic rings. The molecule has 2 N–H and O–H groups in total. The third kappa shape index (κ3) is 4.57. The Morgan fingerprint density at radius 2 is 1.84 bits per heavy atom. The number of hydrogen-bond acceptors (Lipinski definition) is 3. The van der Waals surface area contributed by atoms with Crippen LogP contribution < -0.4 is 10.6 Å². The molecule has 0 radical (unpaired) electrons. The number of alkyl halides is 3. The van der Waals surface area contributed by atoms with Crippen LogP contribution in [0.25, 0.3) is 0 Å². The zero-order chi connectivity index (χ0) is 14.5. The average Bonchev–Trinajstić information content (AvgIpc) is 2.35. The summed E-state index contributed by atoms with van der Waals surface area (Å²) in [5.41, 5.74) is -0.642. The summed E-state index contributed by atoms with van der Waals surface area (Å²) in [6, 6.07) is 2.00. The predicted octanol–water partition coefficient (Wildman–Crippen LogP) is 0.853. The van der Waals surface area contributed by atoms with Gasteiger partial charge in [0.05, 0.1) is 17.8 Å². The molecule has 8 heteroatoms. The number of amides is 2. The average molecular weight is 275 g/mol. The molecule has 104 valence electrons. The van der Waals surface area contributed by atoms with Gasteiger partial charge >= 0.3 is 18.0 Å². The van der Waals surface area contributed by atoms with Crippen molar-refractivity contribution in [2.45, 2.75) is 19.6 Å². The molecule has 0 aromatic carbocycles. The quantitative estimate of drug-likeness (QED) is 0.803. The van der Waals surface area contributed by atoms with Gasteiger partial charge in [-0.25, -0.2) is 0 Å². The summed E-state index contributed by atoms with van der Waals surface area (Å²) in [4.78, 5) is 25.8. The topological polar surface area (TPSA) is 71.1 Å². The van der Waals surface area contributed by atoms with Gasteiger partial charge in [-0.2, -0.15) is 13.2 Å². The second kappa shape index (κ2) is 6.17. The number of pyridine rings is 1. The van der Waals surface area contributed by atoms with Crippen LogP contribution in [0.4, 0.5) is 13.2 Å². The van der Waals surface area contributed by atoms with E-state index in [0.717, 1.165) is 12.1 Å². The first kappa shape index (κ1) is 14.9. The molecule has 0 atom stereocenters.